The molecular weight excluding hydrogens is 361 g/mol. The molecule has 0 amide bonds. The molecule has 0 spiro atoms. The molecule has 0 N–H and O–H groups in total. The van der Waals surface area contributed by atoms with Crippen LogP contribution in [0.25, 0.3) is 10.6 Å². The molecule has 19 heavy (non-hydrogen) atoms. The first kappa shape index (κ1) is 25.1. The van der Waals surface area contributed by atoms with Gasteiger partial charge in [-0.3, -0.25) is 0 Å². The first-order valence-corrected chi connectivity index (χ1v) is 7.08. The molecule has 0 unspecified atom stereocenters. The van der Waals surface area contributed by atoms with E-state index in [0.29, 0.717) is 0 Å². The number of nitrogens with zero attached hydrogens (tertiary/aromatic N) is 3. The fraction of sp³-hybridized carbons (Fsp3) is 0.933. The summed E-state index contributed by atoms with van der Waals surface area (Å²) in [4.78, 5) is 2.30. The van der Waals surface area contributed by atoms with Crippen molar-refractivity contribution in [1.82, 2.24) is 4.90 Å². The number of rotatable bonds is 6. The van der Waals surface area contributed by atoms with Gasteiger partial charge in [0.15, 0.2) is 0 Å². The van der Waals surface area contributed by atoms with Crippen LogP contribution in [0, 0.1) is 48.9 Å². The van der Waals surface area contributed by atoms with Crippen LogP contribution in [0.2, 0.25) is 0 Å². The summed E-state index contributed by atoms with van der Waals surface area (Å²) < 4.78 is 0. The smallest absolute Gasteiger partial charge is 0.000356 e. The van der Waals surface area contributed by atoms with Crippen molar-refractivity contribution in [1.29, 1.82) is 0 Å². The summed E-state index contributed by atoms with van der Waals surface area (Å²) >= 11 is 0. The molecule has 1 rings (SSSR count). The van der Waals surface area contributed by atoms with E-state index in [-0.39, 0.29) is 49.2 Å². The maximum atomic E-state index is 4.15. The monoisotopic (exact) mass is 395 g/mol. The van der Waals surface area contributed by atoms with Crippen molar-refractivity contribution in [3.05, 3.63) is 18.1 Å². The second-order valence-electron chi connectivity index (χ2n) is 5.04. The van der Waals surface area contributed by atoms with Gasteiger partial charge in [0.25, 0.3) is 0 Å². The second-order valence-corrected chi connectivity index (χ2v) is 5.04. The Morgan fingerprint density at radius 3 is 1.79 bits per heavy atom. The van der Waals surface area contributed by atoms with E-state index in [0.717, 1.165) is 19.0 Å². The van der Waals surface area contributed by atoms with Crippen LogP contribution in [-0.4, -0.2) is 44.8 Å². The van der Waals surface area contributed by atoms with Gasteiger partial charge in [-0.15, -0.1) is 6.92 Å². The van der Waals surface area contributed by atoms with Gasteiger partial charge in [0.1, 0.15) is 0 Å². The van der Waals surface area contributed by atoms with Gasteiger partial charge in [-0.1, -0.05) is 26.7 Å². The van der Waals surface area contributed by atoms with Crippen molar-refractivity contribution in [2.75, 3.05) is 33.7 Å². The third-order valence-electron chi connectivity index (χ3n) is 2.99. The largest absolute Gasteiger partial charge is 0.678 e. The molecule has 0 aromatic heterocycles. The predicted molar refractivity (Wildman–Crippen MR) is 84.2 cm³/mol. The second kappa shape index (κ2) is 17.1. The van der Waals surface area contributed by atoms with Crippen LogP contribution in [0.15, 0.2) is 0 Å². The Morgan fingerprint density at radius 2 is 1.47 bits per heavy atom. The van der Waals surface area contributed by atoms with Crippen molar-refractivity contribution in [2.45, 2.75) is 52.6 Å². The third-order valence-corrected chi connectivity index (χ3v) is 2.99. The molecule has 1 saturated carbocycles. The quantitative estimate of drug-likeness (QED) is 0.617. The topological polar surface area (TPSA) is 31.4 Å². The maximum absolute atomic E-state index is 4.15. The summed E-state index contributed by atoms with van der Waals surface area (Å²) in [5, 5.41) is 8.30. The van der Waals surface area contributed by atoms with Crippen molar-refractivity contribution < 1.29 is 35.6 Å². The van der Waals surface area contributed by atoms with E-state index in [4.69, 9.17) is 0 Å². The molecule has 0 atom stereocenters. The fourth-order valence-electron chi connectivity index (χ4n) is 2.30. The van der Waals surface area contributed by atoms with Gasteiger partial charge in [-0.05, 0) is 32.9 Å². The van der Waals surface area contributed by atoms with E-state index in [9.17, 15) is 0 Å². The van der Waals surface area contributed by atoms with Crippen LogP contribution >= 0.6 is 0 Å². The average molecular weight is 395 g/mol. The Balaban J connectivity index is -0.000000246. The molecule has 0 saturated heterocycles. The molecular formula is C15H34LaN3-3. The maximum Gasteiger partial charge on any atom is 0.000356 e. The Kier molecular flexibility index (Phi) is 22.6. The Morgan fingerprint density at radius 1 is 1.05 bits per heavy atom. The van der Waals surface area contributed by atoms with Gasteiger partial charge in [-0.2, -0.15) is 13.1 Å². The minimum atomic E-state index is 0. The minimum absolute atomic E-state index is 0. The summed E-state index contributed by atoms with van der Waals surface area (Å²) in [6.07, 6.45) is 6.10. The van der Waals surface area contributed by atoms with Crippen molar-refractivity contribution in [2.24, 2.45) is 5.92 Å². The normalized spacial score (nSPS) is 14.7. The Bertz CT molecular complexity index is 153. The molecule has 0 aromatic rings. The Labute approximate surface area is 150 Å². The summed E-state index contributed by atoms with van der Waals surface area (Å²) in [6, 6.07) is 0. The van der Waals surface area contributed by atoms with E-state index in [1.165, 1.54) is 32.2 Å². The molecule has 0 heterocycles. The third kappa shape index (κ3) is 17.0. The zero-order chi connectivity index (χ0) is 13.1. The molecule has 1 aliphatic rings. The molecule has 1 radical (unpaired) electrons. The first-order valence-electron chi connectivity index (χ1n) is 7.08. The summed E-state index contributed by atoms with van der Waals surface area (Å²) in [7, 11) is 4.33. The molecule has 0 aromatic carbocycles. The van der Waals surface area contributed by atoms with Crippen molar-refractivity contribution in [3.8, 4) is 0 Å². The zero-order valence-corrected chi connectivity index (χ0v) is 17.6. The molecule has 115 valence electrons. The van der Waals surface area contributed by atoms with Gasteiger partial charge in [0.05, 0.1) is 0 Å². The van der Waals surface area contributed by atoms with Crippen LogP contribution in [0.5, 0.6) is 0 Å². The van der Waals surface area contributed by atoms with Crippen molar-refractivity contribution >= 4 is 0 Å². The van der Waals surface area contributed by atoms with Gasteiger partial charge in [-0.25, -0.2) is 6.17 Å². The van der Waals surface area contributed by atoms with Crippen LogP contribution in [-0.2, 0) is 0 Å². The van der Waals surface area contributed by atoms with Gasteiger partial charge < -0.3 is 23.0 Å². The average Bonchev–Trinajstić information content (AvgIpc) is 2.71. The predicted octanol–water partition coefficient (Wildman–Crippen LogP) is 4.31. The number of hydrogen-bond acceptors (Lipinski definition) is 1. The van der Waals surface area contributed by atoms with Gasteiger partial charge >= 0.3 is 0 Å². The van der Waals surface area contributed by atoms with Crippen LogP contribution in [0.1, 0.15) is 46.5 Å². The van der Waals surface area contributed by atoms with E-state index in [2.05, 4.69) is 29.6 Å². The number of hydrogen-bond donors (Lipinski definition) is 0. The summed E-state index contributed by atoms with van der Waals surface area (Å²) in [5.41, 5.74) is 0. The minimum Gasteiger partial charge on any atom is -0.678 e. The van der Waals surface area contributed by atoms with Crippen molar-refractivity contribution in [3.63, 3.8) is 0 Å². The molecule has 1 fully saturated rings. The molecule has 0 aliphatic heterocycles. The zero-order valence-electron chi connectivity index (χ0n) is 14.0. The standard InChI is InChI=1S/C8H17N.C6H14N2.CH3.La/c1-9(2)7-8-5-3-4-6-8;1-4-7-6(3)8-5-2;;/h8H,3-7H2,1-2H3;6H,4-5H2,1-3H3;1H3;/q;-2;-1;. The molecule has 3 nitrogen and oxygen atoms in total. The van der Waals surface area contributed by atoms with E-state index in [1.54, 1.807) is 0 Å². The molecule has 4 heteroatoms. The van der Waals surface area contributed by atoms with Crippen LogP contribution < -0.4 is 0 Å². The summed E-state index contributed by atoms with van der Waals surface area (Å²) in [5.74, 6) is 1.01. The SMILES string of the molecule is CC[N-]C(C)[N-]CC.CN(C)CC1CCCC1.[CH3-].[La]. The van der Waals surface area contributed by atoms with Gasteiger partial charge in [0, 0.05) is 42.1 Å². The molecule has 0 bridgehead atoms. The van der Waals surface area contributed by atoms with Crippen LogP contribution in [0.4, 0.5) is 0 Å². The van der Waals surface area contributed by atoms with E-state index in [1.807, 2.05) is 20.8 Å². The fourth-order valence-corrected chi connectivity index (χ4v) is 2.30. The van der Waals surface area contributed by atoms with E-state index < -0.39 is 0 Å². The van der Waals surface area contributed by atoms with Gasteiger partial charge in [0.2, 0.25) is 0 Å². The Hall–Kier alpha value is 1.07. The van der Waals surface area contributed by atoms with E-state index >= 15 is 0 Å². The molecule has 1 aliphatic carbocycles. The first-order chi connectivity index (χ1) is 8.10. The summed E-state index contributed by atoms with van der Waals surface area (Å²) in [6.45, 7) is 9.13. The van der Waals surface area contributed by atoms with Crippen LogP contribution in [0.3, 0.4) is 0 Å².